The third-order valence-electron chi connectivity index (χ3n) is 13.1. The molecule has 0 saturated carbocycles. The molecule has 66 heavy (non-hydrogen) atoms. The zero-order chi connectivity index (χ0) is 43.6. The molecule has 0 aliphatic rings. The maximum Gasteiger partial charge on any atom is 0.160 e. The molecule has 13 rings (SSSR count). The normalized spacial score (nSPS) is 11.6. The molecule has 0 atom stereocenters. The van der Waals surface area contributed by atoms with Gasteiger partial charge in [-0.1, -0.05) is 176 Å². The molecule has 0 aliphatic carbocycles. The zero-order valence-corrected chi connectivity index (χ0v) is 35.9. The Labute approximate surface area is 382 Å². The van der Waals surface area contributed by atoms with Gasteiger partial charge in [0.1, 0.15) is 0 Å². The summed E-state index contributed by atoms with van der Waals surface area (Å²) in [6.07, 6.45) is 0. The van der Waals surface area contributed by atoms with Crippen LogP contribution in [0.15, 0.2) is 243 Å². The van der Waals surface area contributed by atoms with E-state index < -0.39 is 0 Å². The standard InChI is InChI=1S/C62H40N4/c1-4-18-41(19-5-1)56-40-57(64-62(63-56)42-20-6-2-7-21-42)51-34-33-48(49-24-10-11-25-50(49)51)45-36-44(37-47(38-45)66-58-29-15-12-26-52(58)53-27-13-16-30-59(53)66)43-32-35-61-55(39-43)54-28-14-17-31-60(54)65(61)46-22-8-3-9-23-46/h1-40H. The fraction of sp³-hybridized carbons (Fsp3) is 0. The lowest BCUT2D eigenvalue weighted by Gasteiger charge is -2.17. The van der Waals surface area contributed by atoms with E-state index in [-0.39, 0.29) is 0 Å². The molecule has 0 aliphatic heterocycles. The van der Waals surface area contributed by atoms with Gasteiger partial charge >= 0.3 is 0 Å². The first-order valence-corrected chi connectivity index (χ1v) is 22.5. The molecule has 10 aromatic carbocycles. The molecular formula is C62H40N4. The highest BCUT2D eigenvalue weighted by molar-refractivity contribution is 6.12. The Hall–Kier alpha value is -8.86. The number of hydrogen-bond acceptors (Lipinski definition) is 2. The summed E-state index contributed by atoms with van der Waals surface area (Å²) in [7, 11) is 0. The first kappa shape index (κ1) is 37.7. The van der Waals surface area contributed by atoms with Crippen LogP contribution in [0, 0.1) is 0 Å². The first-order valence-electron chi connectivity index (χ1n) is 22.5. The largest absolute Gasteiger partial charge is 0.309 e. The lowest BCUT2D eigenvalue weighted by Crippen LogP contribution is -1.97. The number of hydrogen-bond donors (Lipinski definition) is 0. The number of fused-ring (bicyclic) bond motifs is 7. The van der Waals surface area contributed by atoms with E-state index in [4.69, 9.17) is 9.97 Å². The number of benzene rings is 10. The summed E-state index contributed by atoms with van der Waals surface area (Å²) in [5.74, 6) is 0.701. The van der Waals surface area contributed by atoms with E-state index in [1.807, 2.05) is 24.3 Å². The molecule has 0 unspecified atom stereocenters. The van der Waals surface area contributed by atoms with Crippen LogP contribution in [0.4, 0.5) is 0 Å². The molecule has 3 aromatic heterocycles. The second kappa shape index (κ2) is 15.4. The van der Waals surface area contributed by atoms with Crippen LogP contribution in [0.25, 0.3) is 122 Å². The highest BCUT2D eigenvalue weighted by atomic mass is 15.0. The van der Waals surface area contributed by atoms with Crippen molar-refractivity contribution >= 4 is 54.4 Å². The van der Waals surface area contributed by atoms with Crippen LogP contribution in [0.1, 0.15) is 0 Å². The van der Waals surface area contributed by atoms with Gasteiger partial charge in [0.15, 0.2) is 5.82 Å². The number of para-hydroxylation sites is 4. The van der Waals surface area contributed by atoms with Crippen molar-refractivity contribution in [3.8, 4) is 67.5 Å². The molecule has 0 radical (unpaired) electrons. The third-order valence-corrected chi connectivity index (χ3v) is 13.1. The Balaban J connectivity index is 1.04. The van der Waals surface area contributed by atoms with E-state index in [9.17, 15) is 0 Å². The molecule has 0 bridgehead atoms. The summed E-state index contributed by atoms with van der Waals surface area (Å²) < 4.78 is 4.82. The van der Waals surface area contributed by atoms with E-state index in [0.717, 1.165) is 72.5 Å². The summed E-state index contributed by atoms with van der Waals surface area (Å²) >= 11 is 0. The van der Waals surface area contributed by atoms with Crippen LogP contribution in [-0.2, 0) is 0 Å². The predicted molar refractivity (Wildman–Crippen MR) is 275 cm³/mol. The number of aromatic nitrogens is 4. The van der Waals surface area contributed by atoms with E-state index in [1.165, 1.54) is 43.6 Å². The van der Waals surface area contributed by atoms with Crippen LogP contribution >= 0.6 is 0 Å². The van der Waals surface area contributed by atoms with Crippen molar-refractivity contribution in [2.75, 3.05) is 0 Å². The van der Waals surface area contributed by atoms with Gasteiger partial charge in [-0.05, 0) is 99.8 Å². The third kappa shape index (κ3) is 6.22. The molecule has 308 valence electrons. The molecule has 0 N–H and O–H groups in total. The van der Waals surface area contributed by atoms with Gasteiger partial charge in [-0.15, -0.1) is 0 Å². The van der Waals surface area contributed by atoms with Gasteiger partial charge < -0.3 is 9.13 Å². The van der Waals surface area contributed by atoms with Crippen LogP contribution in [0.5, 0.6) is 0 Å². The highest BCUT2D eigenvalue weighted by Gasteiger charge is 2.19. The maximum atomic E-state index is 5.26. The molecule has 13 aromatic rings. The summed E-state index contributed by atoms with van der Waals surface area (Å²) in [4.78, 5) is 10.4. The van der Waals surface area contributed by atoms with Gasteiger partial charge in [0.25, 0.3) is 0 Å². The first-order chi connectivity index (χ1) is 32.7. The van der Waals surface area contributed by atoms with Crippen molar-refractivity contribution in [1.82, 2.24) is 19.1 Å². The van der Waals surface area contributed by atoms with Gasteiger partial charge in [-0.2, -0.15) is 0 Å². The van der Waals surface area contributed by atoms with Crippen LogP contribution in [-0.4, -0.2) is 19.1 Å². The van der Waals surface area contributed by atoms with E-state index >= 15 is 0 Å². The smallest absolute Gasteiger partial charge is 0.160 e. The monoisotopic (exact) mass is 840 g/mol. The molecule has 0 fully saturated rings. The van der Waals surface area contributed by atoms with Crippen molar-refractivity contribution in [2.24, 2.45) is 0 Å². The minimum atomic E-state index is 0.701. The minimum absolute atomic E-state index is 0.701. The van der Waals surface area contributed by atoms with Crippen molar-refractivity contribution < 1.29 is 0 Å². The quantitative estimate of drug-likeness (QED) is 0.160. The second-order valence-electron chi connectivity index (χ2n) is 17.0. The fourth-order valence-corrected chi connectivity index (χ4v) is 10.1. The number of nitrogens with zero attached hydrogens (tertiary/aromatic N) is 4. The summed E-state index contributed by atoms with van der Waals surface area (Å²) in [6.45, 7) is 0. The van der Waals surface area contributed by atoms with E-state index in [0.29, 0.717) is 5.82 Å². The Bertz CT molecular complexity index is 3870. The van der Waals surface area contributed by atoms with Gasteiger partial charge in [0.05, 0.1) is 33.5 Å². The van der Waals surface area contributed by atoms with Gasteiger partial charge in [-0.25, -0.2) is 9.97 Å². The molecule has 0 amide bonds. The second-order valence-corrected chi connectivity index (χ2v) is 17.0. The van der Waals surface area contributed by atoms with E-state index in [2.05, 4.69) is 228 Å². The zero-order valence-electron chi connectivity index (χ0n) is 35.9. The number of rotatable bonds is 7. The topological polar surface area (TPSA) is 35.6 Å². The van der Waals surface area contributed by atoms with Crippen molar-refractivity contribution in [2.45, 2.75) is 0 Å². The Morgan fingerprint density at radius 3 is 1.36 bits per heavy atom. The van der Waals surface area contributed by atoms with Crippen LogP contribution in [0.2, 0.25) is 0 Å². The average molecular weight is 841 g/mol. The predicted octanol–water partition coefficient (Wildman–Crippen LogP) is 16.2. The molecule has 3 heterocycles. The van der Waals surface area contributed by atoms with Crippen LogP contribution in [0.3, 0.4) is 0 Å². The Kier molecular flexibility index (Phi) is 8.81. The summed E-state index contributed by atoms with van der Waals surface area (Å²) in [5, 5.41) is 7.21. The summed E-state index contributed by atoms with van der Waals surface area (Å²) in [5.41, 5.74) is 16.4. The minimum Gasteiger partial charge on any atom is -0.309 e. The summed E-state index contributed by atoms with van der Waals surface area (Å²) in [6, 6.07) is 87.1. The SMILES string of the molecule is c1ccc(-c2cc(-c3ccc(-c4cc(-c5ccc6c(c5)c5ccccc5n6-c5ccccc5)cc(-n5c6ccccc6c6ccccc65)c4)c4ccccc34)nc(-c3ccccc3)n2)cc1. The molecule has 4 nitrogen and oxygen atoms in total. The highest BCUT2D eigenvalue weighted by Crippen LogP contribution is 2.42. The van der Waals surface area contributed by atoms with Gasteiger partial charge in [0.2, 0.25) is 0 Å². The Morgan fingerprint density at radius 1 is 0.242 bits per heavy atom. The van der Waals surface area contributed by atoms with Gasteiger partial charge in [0, 0.05) is 49.6 Å². The van der Waals surface area contributed by atoms with Crippen molar-refractivity contribution in [3.63, 3.8) is 0 Å². The Morgan fingerprint density at radius 2 is 0.712 bits per heavy atom. The van der Waals surface area contributed by atoms with Gasteiger partial charge in [-0.3, -0.25) is 0 Å². The molecule has 0 saturated heterocycles. The maximum absolute atomic E-state index is 5.26. The fourth-order valence-electron chi connectivity index (χ4n) is 10.1. The van der Waals surface area contributed by atoms with Crippen molar-refractivity contribution in [3.05, 3.63) is 243 Å². The van der Waals surface area contributed by atoms with Crippen molar-refractivity contribution in [1.29, 1.82) is 0 Å². The lowest BCUT2D eigenvalue weighted by molar-refractivity contribution is 1.18. The molecular weight excluding hydrogens is 801 g/mol. The lowest BCUT2D eigenvalue weighted by atomic mass is 9.91. The average Bonchev–Trinajstić information content (AvgIpc) is 3.91. The molecule has 0 spiro atoms. The van der Waals surface area contributed by atoms with E-state index in [1.54, 1.807) is 0 Å². The van der Waals surface area contributed by atoms with Crippen LogP contribution < -0.4 is 0 Å². The molecule has 4 heteroatoms.